The largest absolute Gasteiger partial charge is 0.478 e. The maximum Gasteiger partial charge on any atom is 0.407 e. The summed E-state index contributed by atoms with van der Waals surface area (Å²) in [5.41, 5.74) is 5.33. The van der Waals surface area contributed by atoms with Crippen molar-refractivity contribution in [3.8, 4) is 11.1 Å². The Morgan fingerprint density at radius 1 is 0.943 bits per heavy atom. The molecule has 2 aliphatic rings. The average Bonchev–Trinajstić information content (AvgIpc) is 3.17. The second kappa shape index (κ2) is 9.25. The summed E-state index contributed by atoms with van der Waals surface area (Å²) in [6.45, 7) is 0.248. The van der Waals surface area contributed by atoms with Crippen LogP contribution in [0.3, 0.4) is 0 Å². The molecule has 3 aromatic carbocycles. The molecule has 0 heterocycles. The van der Waals surface area contributed by atoms with Crippen molar-refractivity contribution in [3.63, 3.8) is 0 Å². The van der Waals surface area contributed by atoms with Gasteiger partial charge >= 0.3 is 12.1 Å². The first-order valence-electron chi connectivity index (χ1n) is 11.6. The van der Waals surface area contributed by atoms with Crippen LogP contribution in [0.1, 0.15) is 40.2 Å². The first-order valence-corrected chi connectivity index (χ1v) is 11.6. The second-order valence-corrected chi connectivity index (χ2v) is 9.09. The number of hydrogen-bond acceptors (Lipinski definition) is 4. The molecule has 0 bridgehead atoms. The van der Waals surface area contributed by atoms with Crippen molar-refractivity contribution in [2.24, 2.45) is 5.92 Å². The molecule has 5 rings (SSSR count). The van der Waals surface area contributed by atoms with Crippen LogP contribution in [0.5, 0.6) is 0 Å². The molecular weight excluding hydrogens is 444 g/mol. The Bertz CT molecular complexity index is 1250. The third kappa shape index (κ3) is 4.37. The number of aromatic carboxylic acids is 1. The van der Waals surface area contributed by atoms with Gasteiger partial charge in [-0.3, -0.25) is 4.79 Å². The number of carbonyl (C=O) groups excluding carboxylic acids is 2. The first kappa shape index (κ1) is 22.7. The Balaban J connectivity index is 1.13. The maximum atomic E-state index is 12.8. The number of amides is 2. The predicted octanol–water partition coefficient (Wildman–Crippen LogP) is 4.66. The summed E-state index contributed by atoms with van der Waals surface area (Å²) in [5, 5.41) is 12.0. The van der Waals surface area contributed by atoms with Crippen molar-refractivity contribution in [3.05, 3.63) is 89.5 Å². The number of anilines is 1. The number of hydrogen-bond donors (Lipinski definition) is 2. The summed E-state index contributed by atoms with van der Waals surface area (Å²) in [5.74, 6) is -1.37. The lowest BCUT2D eigenvalue weighted by Crippen LogP contribution is -2.50. The van der Waals surface area contributed by atoms with Crippen LogP contribution in [0.4, 0.5) is 10.5 Å². The summed E-state index contributed by atoms with van der Waals surface area (Å²) in [6, 6.07) is 22.5. The van der Waals surface area contributed by atoms with E-state index < -0.39 is 12.1 Å². The number of carboxylic acids is 1. The van der Waals surface area contributed by atoms with E-state index in [4.69, 9.17) is 9.84 Å². The van der Waals surface area contributed by atoms with Crippen LogP contribution in [0.15, 0.2) is 72.8 Å². The van der Waals surface area contributed by atoms with E-state index in [1.807, 2.05) is 24.3 Å². The maximum absolute atomic E-state index is 12.8. The fourth-order valence-corrected chi connectivity index (χ4v) is 4.99. The number of carbonyl (C=O) groups is 3. The molecule has 0 aromatic heterocycles. The predicted molar refractivity (Wildman–Crippen MR) is 132 cm³/mol. The molecule has 0 radical (unpaired) electrons. The van der Waals surface area contributed by atoms with Crippen molar-refractivity contribution < 1.29 is 24.2 Å². The number of carboxylic acid groups (broad SMARTS) is 1. The standard InChI is InChI=1S/C28H26N2O5/c1-30(20-8-6-7-17(15-20)27(32)33)26(31)18-13-19(14-18)29-28(34)35-16-25-23-11-4-2-9-21(23)22-10-3-5-12-24(22)25/h2-12,15,18-19,25H,13-14,16H2,1H3,(H,29,34)(H,32,33). The third-order valence-corrected chi connectivity index (χ3v) is 6.96. The molecule has 0 atom stereocenters. The van der Waals surface area contributed by atoms with E-state index in [0.717, 1.165) is 11.1 Å². The normalized spacial score (nSPS) is 18.1. The lowest BCUT2D eigenvalue weighted by molar-refractivity contribution is -0.125. The minimum absolute atomic E-state index is 0.000850. The number of alkyl carbamates (subject to hydrolysis) is 1. The molecule has 2 amide bonds. The van der Waals surface area contributed by atoms with Crippen molar-refractivity contribution in [1.29, 1.82) is 0 Å². The van der Waals surface area contributed by atoms with Gasteiger partial charge in [0.25, 0.3) is 0 Å². The van der Waals surface area contributed by atoms with Crippen LogP contribution in [0.25, 0.3) is 11.1 Å². The molecule has 0 saturated heterocycles. The van der Waals surface area contributed by atoms with Crippen molar-refractivity contribution >= 4 is 23.7 Å². The summed E-state index contributed by atoms with van der Waals surface area (Å²) in [7, 11) is 1.63. The van der Waals surface area contributed by atoms with Gasteiger partial charge in [-0.1, -0.05) is 54.6 Å². The third-order valence-electron chi connectivity index (χ3n) is 6.96. The van der Waals surface area contributed by atoms with Gasteiger partial charge in [-0.25, -0.2) is 9.59 Å². The van der Waals surface area contributed by atoms with Crippen molar-refractivity contribution in [1.82, 2.24) is 5.32 Å². The van der Waals surface area contributed by atoms with Gasteiger partial charge in [-0.15, -0.1) is 0 Å². The summed E-state index contributed by atoms with van der Waals surface area (Å²) in [4.78, 5) is 38.0. The molecule has 0 unspecified atom stereocenters. The van der Waals surface area contributed by atoms with Gasteiger partial charge in [-0.2, -0.15) is 0 Å². The fourth-order valence-electron chi connectivity index (χ4n) is 4.99. The molecule has 1 saturated carbocycles. The Morgan fingerprint density at radius 3 is 2.20 bits per heavy atom. The van der Waals surface area contributed by atoms with E-state index in [-0.39, 0.29) is 36.0 Å². The Morgan fingerprint density at radius 2 is 1.57 bits per heavy atom. The number of nitrogens with zero attached hydrogens (tertiary/aromatic N) is 1. The van der Waals surface area contributed by atoms with Gasteiger partial charge in [0.15, 0.2) is 0 Å². The van der Waals surface area contributed by atoms with Crippen LogP contribution >= 0.6 is 0 Å². The smallest absolute Gasteiger partial charge is 0.407 e. The zero-order valence-electron chi connectivity index (χ0n) is 19.3. The molecule has 3 aromatic rings. The van der Waals surface area contributed by atoms with Crippen LogP contribution in [0.2, 0.25) is 0 Å². The van der Waals surface area contributed by atoms with E-state index in [0.29, 0.717) is 18.5 Å². The summed E-state index contributed by atoms with van der Waals surface area (Å²) < 4.78 is 5.59. The van der Waals surface area contributed by atoms with Gasteiger partial charge in [0.1, 0.15) is 6.61 Å². The number of rotatable bonds is 6. The topological polar surface area (TPSA) is 95.9 Å². The van der Waals surface area contributed by atoms with Gasteiger partial charge in [0, 0.05) is 30.6 Å². The van der Waals surface area contributed by atoms with Gasteiger partial charge in [0.05, 0.1) is 5.56 Å². The highest BCUT2D eigenvalue weighted by Crippen LogP contribution is 2.44. The van der Waals surface area contributed by atoms with E-state index in [1.165, 1.54) is 28.2 Å². The second-order valence-electron chi connectivity index (χ2n) is 9.09. The molecular formula is C28H26N2O5. The van der Waals surface area contributed by atoms with Gasteiger partial charge in [0.2, 0.25) is 5.91 Å². The molecule has 1 fully saturated rings. The zero-order chi connectivity index (χ0) is 24.5. The molecule has 2 aliphatic carbocycles. The number of ether oxygens (including phenoxy) is 1. The zero-order valence-corrected chi connectivity index (χ0v) is 19.3. The molecule has 2 N–H and O–H groups in total. The minimum atomic E-state index is -1.04. The lowest BCUT2D eigenvalue weighted by Gasteiger charge is -2.36. The highest BCUT2D eigenvalue weighted by atomic mass is 16.5. The van der Waals surface area contributed by atoms with Gasteiger partial charge < -0.3 is 20.1 Å². The quantitative estimate of drug-likeness (QED) is 0.546. The minimum Gasteiger partial charge on any atom is -0.478 e. The molecule has 0 aliphatic heterocycles. The Labute approximate surface area is 203 Å². The van der Waals surface area contributed by atoms with Crippen molar-refractivity contribution in [2.45, 2.75) is 24.8 Å². The molecule has 178 valence electrons. The molecule has 0 spiro atoms. The Kier molecular flexibility index (Phi) is 5.99. The van der Waals surface area contributed by atoms with Gasteiger partial charge in [-0.05, 0) is 53.3 Å². The number of fused-ring (bicyclic) bond motifs is 3. The highest BCUT2D eigenvalue weighted by Gasteiger charge is 2.38. The molecule has 7 nitrogen and oxygen atoms in total. The summed E-state index contributed by atoms with van der Waals surface area (Å²) in [6.07, 6.45) is 0.558. The SMILES string of the molecule is CN(C(=O)C1CC(NC(=O)OCC2c3ccccc3-c3ccccc32)C1)c1cccc(C(=O)O)c1. The fraction of sp³-hybridized carbons (Fsp3) is 0.250. The highest BCUT2D eigenvalue weighted by molar-refractivity contribution is 5.97. The van der Waals surface area contributed by atoms with Crippen LogP contribution in [-0.2, 0) is 9.53 Å². The summed E-state index contributed by atoms with van der Waals surface area (Å²) >= 11 is 0. The van der Waals surface area contributed by atoms with Crippen LogP contribution < -0.4 is 10.2 Å². The van der Waals surface area contributed by atoms with Crippen molar-refractivity contribution in [2.75, 3.05) is 18.6 Å². The molecule has 7 heteroatoms. The first-order chi connectivity index (χ1) is 16.9. The lowest BCUT2D eigenvalue weighted by atomic mass is 9.79. The number of nitrogens with one attached hydrogen (secondary N) is 1. The van der Waals surface area contributed by atoms with Crippen LogP contribution in [-0.4, -0.2) is 42.8 Å². The Hall–Kier alpha value is -4.13. The van der Waals surface area contributed by atoms with E-state index in [1.54, 1.807) is 19.2 Å². The molecule has 35 heavy (non-hydrogen) atoms. The average molecular weight is 471 g/mol. The number of benzene rings is 3. The van der Waals surface area contributed by atoms with Crippen LogP contribution in [0, 0.1) is 5.92 Å². The monoisotopic (exact) mass is 470 g/mol. The van der Waals surface area contributed by atoms with E-state index in [9.17, 15) is 14.4 Å². The van der Waals surface area contributed by atoms with E-state index in [2.05, 4.69) is 29.6 Å². The van der Waals surface area contributed by atoms with E-state index >= 15 is 0 Å².